The quantitative estimate of drug-likeness (QED) is 0.903. The minimum Gasteiger partial charge on any atom is -0.311 e. The molecule has 0 atom stereocenters. The van der Waals surface area contributed by atoms with Gasteiger partial charge in [0.15, 0.2) is 0 Å². The predicted octanol–water partition coefficient (Wildman–Crippen LogP) is 2.59. The van der Waals surface area contributed by atoms with Crippen LogP contribution in [0.1, 0.15) is 25.4 Å². The second kappa shape index (κ2) is 5.98. The fourth-order valence-corrected chi connectivity index (χ4v) is 1.95. The maximum atomic E-state index is 6.14. The van der Waals surface area contributed by atoms with E-state index in [4.69, 9.17) is 11.6 Å². The van der Waals surface area contributed by atoms with E-state index in [-0.39, 0.29) is 0 Å². The highest BCUT2D eigenvalue weighted by Crippen LogP contribution is 2.17. The molecule has 0 bridgehead atoms. The molecule has 2 rings (SSSR count). The van der Waals surface area contributed by atoms with E-state index in [1.54, 1.807) is 6.20 Å². The summed E-state index contributed by atoms with van der Waals surface area (Å²) in [5.74, 6) is 1.86. The van der Waals surface area contributed by atoms with E-state index in [9.17, 15) is 0 Å². The van der Waals surface area contributed by atoms with Gasteiger partial charge in [-0.15, -0.1) is 0 Å². The Bertz CT molecular complexity index is 521. The number of hydrogen-bond acceptors (Lipinski definition) is 3. The Hall–Kier alpha value is -1.39. The van der Waals surface area contributed by atoms with Crippen molar-refractivity contribution in [1.29, 1.82) is 0 Å². The van der Waals surface area contributed by atoms with E-state index in [1.165, 1.54) is 0 Å². The van der Waals surface area contributed by atoms with Gasteiger partial charge in [0.2, 0.25) is 0 Å². The molecule has 2 aromatic heterocycles. The van der Waals surface area contributed by atoms with E-state index in [2.05, 4.69) is 29.1 Å². The maximum absolute atomic E-state index is 6.14. The number of halogens is 1. The Balaban J connectivity index is 2.34. The molecular formula is C13H17ClN4. The molecule has 96 valence electrons. The second-order valence-corrected chi connectivity index (χ2v) is 4.35. The van der Waals surface area contributed by atoms with Crippen molar-refractivity contribution >= 4 is 11.6 Å². The third-order valence-corrected chi connectivity index (χ3v) is 3.07. The fourth-order valence-electron chi connectivity index (χ4n) is 1.78. The molecule has 0 spiro atoms. The van der Waals surface area contributed by atoms with Gasteiger partial charge in [0.05, 0.1) is 10.7 Å². The number of aryl methyl sites for hydroxylation is 1. The topological polar surface area (TPSA) is 42.7 Å². The summed E-state index contributed by atoms with van der Waals surface area (Å²) >= 11 is 6.14. The SMILES string of the molecule is CCNCc1nc(-n2ccnc2CC)ccc1Cl. The van der Waals surface area contributed by atoms with Crippen molar-refractivity contribution in [3.63, 3.8) is 0 Å². The van der Waals surface area contributed by atoms with Crippen LogP contribution < -0.4 is 5.32 Å². The Labute approximate surface area is 112 Å². The first-order chi connectivity index (χ1) is 8.76. The van der Waals surface area contributed by atoms with Gasteiger partial charge in [-0.05, 0) is 18.7 Å². The van der Waals surface area contributed by atoms with Crippen molar-refractivity contribution in [3.05, 3.63) is 41.1 Å². The number of hydrogen-bond donors (Lipinski definition) is 1. The van der Waals surface area contributed by atoms with Crippen LogP contribution in [0.25, 0.3) is 5.82 Å². The van der Waals surface area contributed by atoms with E-state index >= 15 is 0 Å². The van der Waals surface area contributed by atoms with E-state index in [0.717, 1.165) is 30.3 Å². The summed E-state index contributed by atoms with van der Waals surface area (Å²) in [6, 6.07) is 3.80. The molecule has 0 aliphatic heterocycles. The maximum Gasteiger partial charge on any atom is 0.138 e. The van der Waals surface area contributed by atoms with E-state index < -0.39 is 0 Å². The van der Waals surface area contributed by atoms with Crippen molar-refractivity contribution in [2.24, 2.45) is 0 Å². The van der Waals surface area contributed by atoms with Gasteiger partial charge in [0, 0.05) is 25.4 Å². The summed E-state index contributed by atoms with van der Waals surface area (Å²) in [5.41, 5.74) is 0.867. The summed E-state index contributed by atoms with van der Waals surface area (Å²) in [7, 11) is 0. The molecule has 0 radical (unpaired) electrons. The molecule has 0 aliphatic carbocycles. The van der Waals surface area contributed by atoms with Crippen molar-refractivity contribution in [2.75, 3.05) is 6.54 Å². The summed E-state index contributed by atoms with van der Waals surface area (Å²) in [5, 5.41) is 3.93. The highest BCUT2D eigenvalue weighted by atomic mass is 35.5. The zero-order valence-corrected chi connectivity index (χ0v) is 11.4. The van der Waals surface area contributed by atoms with Crippen LogP contribution in [0.15, 0.2) is 24.5 Å². The molecule has 4 nitrogen and oxygen atoms in total. The molecule has 5 heteroatoms. The Morgan fingerprint density at radius 2 is 2.17 bits per heavy atom. The Kier molecular flexibility index (Phi) is 4.33. The van der Waals surface area contributed by atoms with Crippen LogP contribution in [0.4, 0.5) is 0 Å². The number of rotatable bonds is 5. The zero-order chi connectivity index (χ0) is 13.0. The van der Waals surface area contributed by atoms with Crippen LogP contribution in [0.5, 0.6) is 0 Å². The van der Waals surface area contributed by atoms with Crippen molar-refractivity contribution < 1.29 is 0 Å². The van der Waals surface area contributed by atoms with Crippen LogP contribution in [0.2, 0.25) is 5.02 Å². The highest BCUT2D eigenvalue weighted by molar-refractivity contribution is 6.31. The third-order valence-electron chi connectivity index (χ3n) is 2.73. The molecule has 1 N–H and O–H groups in total. The minimum absolute atomic E-state index is 0.680. The lowest BCUT2D eigenvalue weighted by Gasteiger charge is -2.09. The molecule has 0 unspecified atom stereocenters. The lowest BCUT2D eigenvalue weighted by Crippen LogP contribution is -2.14. The molecule has 18 heavy (non-hydrogen) atoms. The summed E-state index contributed by atoms with van der Waals surface area (Å²) in [6.45, 7) is 5.71. The molecular weight excluding hydrogens is 248 g/mol. The average molecular weight is 265 g/mol. The van der Waals surface area contributed by atoms with Gasteiger partial charge in [0.25, 0.3) is 0 Å². The largest absolute Gasteiger partial charge is 0.311 e. The standard InChI is InChI=1S/C13H17ClN4/c1-3-12-16-7-8-18(12)13-6-5-10(14)11(17-13)9-15-4-2/h5-8,15H,3-4,9H2,1-2H3. The second-order valence-electron chi connectivity index (χ2n) is 3.95. The van der Waals surface area contributed by atoms with Crippen LogP contribution in [-0.4, -0.2) is 21.1 Å². The summed E-state index contributed by atoms with van der Waals surface area (Å²) in [4.78, 5) is 8.89. The number of nitrogens with one attached hydrogen (secondary N) is 1. The van der Waals surface area contributed by atoms with Crippen LogP contribution in [0.3, 0.4) is 0 Å². The van der Waals surface area contributed by atoms with E-state index in [1.807, 2.05) is 22.9 Å². The molecule has 0 fully saturated rings. The smallest absolute Gasteiger partial charge is 0.138 e. The van der Waals surface area contributed by atoms with Crippen molar-refractivity contribution in [2.45, 2.75) is 26.8 Å². The summed E-state index contributed by atoms with van der Waals surface area (Å²) < 4.78 is 1.99. The first-order valence-corrected chi connectivity index (χ1v) is 6.52. The highest BCUT2D eigenvalue weighted by Gasteiger charge is 2.07. The first kappa shape index (κ1) is 13.1. The molecule has 2 aromatic rings. The van der Waals surface area contributed by atoms with Gasteiger partial charge < -0.3 is 5.32 Å². The van der Waals surface area contributed by atoms with Gasteiger partial charge in [-0.3, -0.25) is 4.57 Å². The number of nitrogens with zero attached hydrogens (tertiary/aromatic N) is 3. The van der Waals surface area contributed by atoms with Crippen molar-refractivity contribution in [1.82, 2.24) is 19.9 Å². The number of aromatic nitrogens is 3. The zero-order valence-electron chi connectivity index (χ0n) is 10.7. The van der Waals surface area contributed by atoms with Gasteiger partial charge in [-0.1, -0.05) is 25.4 Å². The average Bonchev–Trinajstić information content (AvgIpc) is 2.86. The van der Waals surface area contributed by atoms with Gasteiger partial charge in [-0.25, -0.2) is 9.97 Å². The number of imidazole rings is 1. The third kappa shape index (κ3) is 2.71. The molecule has 0 saturated heterocycles. The summed E-state index contributed by atoms with van der Waals surface area (Å²) in [6.07, 6.45) is 4.59. The van der Waals surface area contributed by atoms with Crippen molar-refractivity contribution in [3.8, 4) is 5.82 Å². The molecule has 0 aliphatic rings. The normalized spacial score (nSPS) is 10.8. The monoisotopic (exact) mass is 264 g/mol. The minimum atomic E-state index is 0.680. The van der Waals surface area contributed by atoms with Gasteiger partial charge in [0.1, 0.15) is 11.6 Å². The number of pyridine rings is 1. The molecule has 0 amide bonds. The van der Waals surface area contributed by atoms with Crippen LogP contribution in [0, 0.1) is 0 Å². The lowest BCUT2D eigenvalue weighted by atomic mass is 10.3. The fraction of sp³-hybridized carbons (Fsp3) is 0.385. The molecule has 0 saturated carbocycles. The first-order valence-electron chi connectivity index (χ1n) is 6.15. The predicted molar refractivity (Wildman–Crippen MR) is 73.1 cm³/mol. The Morgan fingerprint density at radius 3 is 2.89 bits per heavy atom. The van der Waals surface area contributed by atoms with Gasteiger partial charge in [-0.2, -0.15) is 0 Å². The van der Waals surface area contributed by atoms with Gasteiger partial charge >= 0.3 is 0 Å². The Morgan fingerprint density at radius 1 is 1.33 bits per heavy atom. The van der Waals surface area contributed by atoms with Crippen LogP contribution in [-0.2, 0) is 13.0 Å². The van der Waals surface area contributed by atoms with E-state index in [0.29, 0.717) is 11.6 Å². The molecule has 2 heterocycles. The molecule has 0 aromatic carbocycles. The lowest BCUT2D eigenvalue weighted by molar-refractivity contribution is 0.706. The van der Waals surface area contributed by atoms with Crippen LogP contribution >= 0.6 is 11.6 Å².